The van der Waals surface area contributed by atoms with Gasteiger partial charge in [-0.3, -0.25) is 19.5 Å². The van der Waals surface area contributed by atoms with Crippen molar-refractivity contribution in [1.82, 2.24) is 20.8 Å². The van der Waals surface area contributed by atoms with Crippen LogP contribution in [0.2, 0.25) is 0 Å². The van der Waals surface area contributed by atoms with Crippen molar-refractivity contribution in [3.63, 3.8) is 0 Å². The molecule has 2 aromatic rings. The molecule has 0 spiro atoms. The molecule has 0 aliphatic carbocycles. The Bertz CT molecular complexity index is 897. The molecule has 3 rings (SSSR count). The number of nitrogens with zero attached hydrogens (tertiary/aromatic N) is 2. The Morgan fingerprint density at radius 1 is 1.19 bits per heavy atom. The Balaban J connectivity index is 1.48. The highest BCUT2D eigenvalue weighted by atomic mass is 16.2. The standard InChI is InChI=1S/C24H33N5O3/c1-2-20(30)9-4-3-5-10-21(28-23(31)19-16-26-27-17-19)24(32)25-13-15-29-14-12-18-8-6-7-11-22(18)29/h6-8,11,16-17,21H,2-5,9-10,12-15H2,1H3,(H,25,32)(H,26,27)(H,28,31)/t21-/m0/s1. The molecule has 0 saturated heterocycles. The van der Waals surface area contributed by atoms with Crippen LogP contribution in [0.15, 0.2) is 36.7 Å². The van der Waals surface area contributed by atoms with E-state index in [1.54, 1.807) is 0 Å². The van der Waals surface area contributed by atoms with Crippen molar-refractivity contribution < 1.29 is 14.4 Å². The fourth-order valence-corrected chi connectivity index (χ4v) is 3.99. The molecular formula is C24H33N5O3. The molecule has 2 heterocycles. The van der Waals surface area contributed by atoms with E-state index in [4.69, 9.17) is 0 Å². The summed E-state index contributed by atoms with van der Waals surface area (Å²) in [5.74, 6) is -0.247. The number of aromatic nitrogens is 2. The number of H-pyrrole nitrogens is 1. The van der Waals surface area contributed by atoms with Crippen LogP contribution in [0.5, 0.6) is 0 Å². The molecule has 1 aliphatic rings. The third kappa shape index (κ3) is 6.67. The maximum Gasteiger partial charge on any atom is 0.255 e. The van der Waals surface area contributed by atoms with Crippen molar-refractivity contribution >= 4 is 23.3 Å². The fraction of sp³-hybridized carbons (Fsp3) is 0.500. The predicted molar refractivity (Wildman–Crippen MR) is 124 cm³/mol. The van der Waals surface area contributed by atoms with Crippen LogP contribution in [0.1, 0.15) is 61.4 Å². The van der Waals surface area contributed by atoms with E-state index in [-0.39, 0.29) is 17.6 Å². The van der Waals surface area contributed by atoms with E-state index in [9.17, 15) is 14.4 Å². The third-order valence-electron chi connectivity index (χ3n) is 5.89. The highest BCUT2D eigenvalue weighted by molar-refractivity contribution is 5.97. The van der Waals surface area contributed by atoms with Gasteiger partial charge in [0.1, 0.15) is 11.8 Å². The van der Waals surface area contributed by atoms with Crippen molar-refractivity contribution in [2.24, 2.45) is 0 Å². The summed E-state index contributed by atoms with van der Waals surface area (Å²) in [6.07, 6.45) is 8.06. The molecule has 1 aromatic heterocycles. The summed E-state index contributed by atoms with van der Waals surface area (Å²) in [4.78, 5) is 39.1. The number of Topliss-reactive ketones (excluding diaryl/α,β-unsaturated/α-hetero) is 1. The summed E-state index contributed by atoms with van der Waals surface area (Å²) in [6.45, 7) is 4.06. The summed E-state index contributed by atoms with van der Waals surface area (Å²) in [5, 5.41) is 12.2. The number of unbranched alkanes of at least 4 members (excludes halogenated alkanes) is 2. The van der Waals surface area contributed by atoms with Crippen LogP contribution in [0.4, 0.5) is 5.69 Å². The van der Waals surface area contributed by atoms with Gasteiger partial charge in [0.2, 0.25) is 5.91 Å². The lowest BCUT2D eigenvalue weighted by Gasteiger charge is -2.22. The second kappa shape index (κ2) is 12.0. The summed E-state index contributed by atoms with van der Waals surface area (Å²) in [7, 11) is 0. The van der Waals surface area contributed by atoms with Gasteiger partial charge in [0.25, 0.3) is 5.91 Å². The van der Waals surface area contributed by atoms with Crippen LogP contribution in [-0.4, -0.2) is 53.5 Å². The van der Waals surface area contributed by atoms with Gasteiger partial charge in [-0.2, -0.15) is 5.10 Å². The van der Waals surface area contributed by atoms with E-state index in [1.165, 1.54) is 23.6 Å². The van der Waals surface area contributed by atoms with E-state index in [2.05, 4.69) is 43.9 Å². The number of amides is 2. The Morgan fingerprint density at radius 3 is 2.81 bits per heavy atom. The van der Waals surface area contributed by atoms with Crippen LogP contribution in [0.3, 0.4) is 0 Å². The van der Waals surface area contributed by atoms with E-state index in [1.807, 2.05) is 13.0 Å². The van der Waals surface area contributed by atoms with Gasteiger partial charge in [0.05, 0.1) is 11.8 Å². The van der Waals surface area contributed by atoms with Gasteiger partial charge in [0, 0.05) is 44.4 Å². The minimum absolute atomic E-state index is 0.182. The molecule has 1 aromatic carbocycles. The molecule has 0 saturated carbocycles. The van der Waals surface area contributed by atoms with Crippen molar-refractivity contribution in [3.8, 4) is 0 Å². The van der Waals surface area contributed by atoms with Crippen LogP contribution in [-0.2, 0) is 16.0 Å². The number of nitrogens with one attached hydrogen (secondary N) is 3. The Hall–Kier alpha value is -3.16. The number of hydrogen-bond acceptors (Lipinski definition) is 5. The molecule has 0 unspecified atom stereocenters. The molecule has 0 radical (unpaired) electrons. The smallest absolute Gasteiger partial charge is 0.255 e. The second-order valence-electron chi connectivity index (χ2n) is 8.16. The molecule has 0 fully saturated rings. The number of rotatable bonds is 13. The predicted octanol–water partition coefficient (Wildman–Crippen LogP) is 2.62. The minimum atomic E-state index is -0.620. The molecule has 172 valence electrons. The number of anilines is 1. The first-order chi connectivity index (χ1) is 15.6. The van der Waals surface area contributed by atoms with Gasteiger partial charge in [-0.1, -0.05) is 38.0 Å². The Morgan fingerprint density at radius 2 is 2.03 bits per heavy atom. The van der Waals surface area contributed by atoms with Gasteiger partial charge >= 0.3 is 0 Å². The maximum atomic E-state index is 12.9. The Kier molecular flexibility index (Phi) is 8.83. The minimum Gasteiger partial charge on any atom is -0.369 e. The molecule has 0 bridgehead atoms. The first kappa shape index (κ1) is 23.5. The highest BCUT2D eigenvalue weighted by Crippen LogP contribution is 2.26. The lowest BCUT2D eigenvalue weighted by Crippen LogP contribution is -2.48. The van der Waals surface area contributed by atoms with Crippen molar-refractivity contribution in [1.29, 1.82) is 0 Å². The number of ketones is 1. The molecule has 2 amide bonds. The van der Waals surface area contributed by atoms with Crippen LogP contribution >= 0.6 is 0 Å². The quantitative estimate of drug-likeness (QED) is 0.416. The summed E-state index contributed by atoms with van der Waals surface area (Å²) < 4.78 is 0. The van der Waals surface area contributed by atoms with Gasteiger partial charge in [0.15, 0.2) is 0 Å². The monoisotopic (exact) mass is 439 g/mol. The van der Waals surface area contributed by atoms with Gasteiger partial charge in [-0.15, -0.1) is 0 Å². The van der Waals surface area contributed by atoms with Gasteiger partial charge < -0.3 is 15.5 Å². The molecule has 1 atom stereocenters. The third-order valence-corrected chi connectivity index (χ3v) is 5.89. The number of fused-ring (bicyclic) bond motifs is 1. The first-order valence-corrected chi connectivity index (χ1v) is 11.5. The maximum absolute atomic E-state index is 12.9. The number of hydrogen-bond donors (Lipinski definition) is 3. The van der Waals surface area contributed by atoms with E-state index in [0.717, 1.165) is 38.8 Å². The second-order valence-corrected chi connectivity index (χ2v) is 8.16. The SMILES string of the molecule is CCC(=O)CCCCC[C@H](NC(=O)c1cn[nH]c1)C(=O)NCCN1CCc2ccccc21. The topological polar surface area (TPSA) is 107 Å². The van der Waals surface area contributed by atoms with E-state index >= 15 is 0 Å². The zero-order chi connectivity index (χ0) is 22.8. The van der Waals surface area contributed by atoms with Crippen LogP contribution < -0.4 is 15.5 Å². The van der Waals surface area contributed by atoms with E-state index in [0.29, 0.717) is 31.4 Å². The van der Waals surface area contributed by atoms with Gasteiger partial charge in [-0.25, -0.2) is 0 Å². The Labute approximate surface area is 189 Å². The summed E-state index contributed by atoms with van der Waals surface area (Å²) in [5.41, 5.74) is 2.96. The molecule has 32 heavy (non-hydrogen) atoms. The van der Waals surface area contributed by atoms with Crippen molar-refractivity contribution in [2.45, 2.75) is 57.9 Å². The van der Waals surface area contributed by atoms with Gasteiger partial charge in [-0.05, 0) is 30.9 Å². The van der Waals surface area contributed by atoms with Crippen LogP contribution in [0, 0.1) is 0 Å². The number of carbonyl (C=O) groups is 3. The number of benzene rings is 1. The average Bonchev–Trinajstić information content (AvgIpc) is 3.48. The average molecular weight is 440 g/mol. The summed E-state index contributed by atoms with van der Waals surface area (Å²) in [6, 6.07) is 7.72. The fourth-order valence-electron chi connectivity index (χ4n) is 3.99. The molecule has 8 nitrogen and oxygen atoms in total. The molecular weight excluding hydrogens is 406 g/mol. The highest BCUT2D eigenvalue weighted by Gasteiger charge is 2.22. The molecule has 3 N–H and O–H groups in total. The number of carbonyl (C=O) groups excluding carboxylic acids is 3. The van der Waals surface area contributed by atoms with Crippen LogP contribution in [0.25, 0.3) is 0 Å². The normalized spacial score (nSPS) is 13.5. The van der Waals surface area contributed by atoms with E-state index < -0.39 is 6.04 Å². The summed E-state index contributed by atoms with van der Waals surface area (Å²) >= 11 is 0. The zero-order valence-electron chi connectivity index (χ0n) is 18.7. The first-order valence-electron chi connectivity index (χ1n) is 11.5. The molecule has 8 heteroatoms. The van der Waals surface area contributed by atoms with Crippen molar-refractivity contribution in [2.75, 3.05) is 24.5 Å². The lowest BCUT2D eigenvalue weighted by molar-refractivity contribution is -0.123. The zero-order valence-corrected chi connectivity index (χ0v) is 18.7. The molecule has 1 aliphatic heterocycles. The number of aromatic amines is 1. The number of para-hydroxylation sites is 1. The lowest BCUT2D eigenvalue weighted by atomic mass is 10.0. The van der Waals surface area contributed by atoms with Crippen molar-refractivity contribution in [3.05, 3.63) is 47.8 Å². The largest absolute Gasteiger partial charge is 0.369 e.